The van der Waals surface area contributed by atoms with Gasteiger partial charge < -0.3 is 11.5 Å². The molecule has 0 aliphatic heterocycles. The summed E-state index contributed by atoms with van der Waals surface area (Å²) in [5.41, 5.74) is 11.2. The molecule has 0 aliphatic carbocycles. The third-order valence-electron chi connectivity index (χ3n) is 1.61. The molecule has 78 valence electrons. The molecule has 0 radical (unpaired) electrons. The zero-order valence-electron chi connectivity index (χ0n) is 8.17. The summed E-state index contributed by atoms with van der Waals surface area (Å²) >= 11 is 3.95. The van der Waals surface area contributed by atoms with Gasteiger partial charge in [-0.3, -0.25) is 0 Å². The van der Waals surface area contributed by atoms with E-state index >= 15 is 0 Å². The molecule has 0 aliphatic rings. The van der Waals surface area contributed by atoms with Crippen molar-refractivity contribution in [3.05, 3.63) is 48.5 Å². The topological polar surface area (TPSA) is 64.9 Å². The number of anilines is 2. The molecule has 0 fully saturated rings. The van der Waals surface area contributed by atoms with Crippen LogP contribution in [0, 0.1) is 0 Å². The van der Waals surface area contributed by atoms with Crippen LogP contribution in [0.15, 0.2) is 53.6 Å². The molecule has 1 aromatic carbocycles. The summed E-state index contributed by atoms with van der Waals surface area (Å²) in [6.07, 6.45) is 0. The van der Waals surface area contributed by atoms with Crippen molar-refractivity contribution in [1.29, 1.82) is 0 Å². The van der Waals surface area contributed by atoms with Gasteiger partial charge in [-0.15, -0.1) is 12.6 Å². The van der Waals surface area contributed by atoms with E-state index in [9.17, 15) is 0 Å². The van der Waals surface area contributed by atoms with Gasteiger partial charge in [0.05, 0.1) is 10.7 Å². The first-order valence-corrected chi connectivity index (χ1v) is 4.86. The lowest BCUT2D eigenvalue weighted by Gasteiger charge is -1.96. The lowest BCUT2D eigenvalue weighted by molar-refractivity contribution is 1.16. The zero-order valence-corrected chi connectivity index (χ0v) is 9.06. The molecule has 4 N–H and O–H groups in total. The predicted octanol–water partition coefficient (Wildman–Crippen LogP) is 2.22. The van der Waals surface area contributed by atoms with Gasteiger partial charge in [0.1, 0.15) is 5.82 Å². The minimum atomic E-state index is 0.336. The number of thiol groups is 1. The molecule has 15 heavy (non-hydrogen) atoms. The van der Waals surface area contributed by atoms with Crippen molar-refractivity contribution in [3.8, 4) is 0 Å². The van der Waals surface area contributed by atoms with Gasteiger partial charge in [-0.1, -0.05) is 36.4 Å². The van der Waals surface area contributed by atoms with E-state index in [2.05, 4.69) is 17.6 Å². The van der Waals surface area contributed by atoms with Crippen molar-refractivity contribution in [3.63, 3.8) is 0 Å². The largest absolute Gasteiger partial charge is 0.396 e. The SMILES string of the molecule is Nc1ccc(S)nc1N.c1ccccc1. The number of nitrogens with two attached hydrogens (primary N) is 2. The van der Waals surface area contributed by atoms with Gasteiger partial charge in [0.15, 0.2) is 0 Å². The van der Waals surface area contributed by atoms with Crippen molar-refractivity contribution in [2.75, 3.05) is 11.5 Å². The van der Waals surface area contributed by atoms with Crippen LogP contribution in [0.5, 0.6) is 0 Å². The number of pyridine rings is 1. The Balaban J connectivity index is 0.000000162. The van der Waals surface area contributed by atoms with Crippen LogP contribution in [0.2, 0.25) is 0 Å². The van der Waals surface area contributed by atoms with E-state index in [1.807, 2.05) is 36.4 Å². The fraction of sp³-hybridized carbons (Fsp3) is 0. The second kappa shape index (κ2) is 5.93. The molecule has 1 aromatic heterocycles. The molecule has 0 atom stereocenters. The van der Waals surface area contributed by atoms with E-state index in [-0.39, 0.29) is 0 Å². The van der Waals surface area contributed by atoms with E-state index in [1.54, 1.807) is 12.1 Å². The van der Waals surface area contributed by atoms with Crippen LogP contribution in [0.3, 0.4) is 0 Å². The summed E-state index contributed by atoms with van der Waals surface area (Å²) in [4.78, 5) is 3.79. The number of benzene rings is 1. The average Bonchev–Trinajstić information content (AvgIpc) is 2.27. The van der Waals surface area contributed by atoms with Gasteiger partial charge in [0, 0.05) is 0 Å². The highest BCUT2D eigenvalue weighted by Gasteiger charge is 1.92. The van der Waals surface area contributed by atoms with Crippen LogP contribution >= 0.6 is 12.6 Å². The first-order valence-electron chi connectivity index (χ1n) is 4.41. The first kappa shape index (κ1) is 11.4. The minimum Gasteiger partial charge on any atom is -0.396 e. The molecule has 2 rings (SSSR count). The van der Waals surface area contributed by atoms with E-state index in [0.717, 1.165) is 0 Å². The Morgan fingerprint density at radius 1 is 0.867 bits per heavy atom. The summed E-state index contributed by atoms with van der Waals surface area (Å²) < 4.78 is 0. The van der Waals surface area contributed by atoms with Crippen LogP contribution in [0.4, 0.5) is 11.5 Å². The predicted molar refractivity (Wildman–Crippen MR) is 66.8 cm³/mol. The molecule has 3 nitrogen and oxygen atoms in total. The highest BCUT2D eigenvalue weighted by Crippen LogP contribution is 2.12. The van der Waals surface area contributed by atoms with Crippen molar-refractivity contribution in [1.82, 2.24) is 4.98 Å². The Hall–Kier alpha value is -1.68. The Morgan fingerprint density at radius 2 is 1.33 bits per heavy atom. The third-order valence-corrected chi connectivity index (χ3v) is 1.86. The van der Waals surface area contributed by atoms with Crippen molar-refractivity contribution in [2.24, 2.45) is 0 Å². The van der Waals surface area contributed by atoms with Crippen LogP contribution in [0.25, 0.3) is 0 Å². The summed E-state index contributed by atoms with van der Waals surface area (Å²) in [6.45, 7) is 0. The Kier molecular flexibility index (Phi) is 4.50. The Labute approximate surface area is 94.5 Å². The normalized spacial score (nSPS) is 8.87. The van der Waals surface area contributed by atoms with Crippen molar-refractivity contribution < 1.29 is 0 Å². The molecule has 1 heterocycles. The van der Waals surface area contributed by atoms with E-state index in [4.69, 9.17) is 11.5 Å². The highest BCUT2D eigenvalue weighted by atomic mass is 32.1. The van der Waals surface area contributed by atoms with Gasteiger partial charge in [-0.2, -0.15) is 0 Å². The molecule has 0 spiro atoms. The molecular formula is C11H13N3S. The maximum atomic E-state index is 5.37. The molecule has 4 heteroatoms. The van der Waals surface area contributed by atoms with E-state index < -0.39 is 0 Å². The lowest BCUT2D eigenvalue weighted by atomic mass is 10.4. The van der Waals surface area contributed by atoms with Crippen molar-refractivity contribution >= 4 is 24.1 Å². The van der Waals surface area contributed by atoms with Crippen LogP contribution in [0.1, 0.15) is 0 Å². The standard InChI is InChI=1S/C6H6.C5H7N3S/c1-2-4-6-5-3-1;6-3-1-2-4(9)8-5(3)7/h1-6H;1-2H,6H2,(H3,7,8,9). The number of hydrogen-bond donors (Lipinski definition) is 3. The minimum absolute atomic E-state index is 0.336. The molecule has 0 unspecified atom stereocenters. The van der Waals surface area contributed by atoms with E-state index in [0.29, 0.717) is 16.5 Å². The summed E-state index contributed by atoms with van der Waals surface area (Å²) in [6, 6.07) is 15.4. The van der Waals surface area contributed by atoms with Crippen LogP contribution in [-0.2, 0) is 0 Å². The van der Waals surface area contributed by atoms with Gasteiger partial charge in [0.2, 0.25) is 0 Å². The van der Waals surface area contributed by atoms with Gasteiger partial charge in [-0.25, -0.2) is 4.98 Å². The molecule has 2 aromatic rings. The van der Waals surface area contributed by atoms with Gasteiger partial charge >= 0.3 is 0 Å². The molecule has 0 bridgehead atoms. The average molecular weight is 219 g/mol. The monoisotopic (exact) mass is 219 g/mol. The number of nitrogen functional groups attached to an aromatic ring is 2. The number of hydrogen-bond acceptors (Lipinski definition) is 4. The number of nitrogens with zero attached hydrogens (tertiary/aromatic N) is 1. The van der Waals surface area contributed by atoms with Gasteiger partial charge in [0.25, 0.3) is 0 Å². The Morgan fingerprint density at radius 3 is 1.67 bits per heavy atom. The zero-order chi connectivity index (χ0) is 11.1. The Bertz CT molecular complexity index is 377. The molecule has 0 saturated carbocycles. The smallest absolute Gasteiger partial charge is 0.147 e. The summed E-state index contributed by atoms with van der Waals surface area (Å²) in [7, 11) is 0. The van der Waals surface area contributed by atoms with Crippen LogP contribution < -0.4 is 11.5 Å². The second-order valence-corrected chi connectivity index (χ2v) is 3.26. The number of rotatable bonds is 0. The number of aromatic nitrogens is 1. The third kappa shape index (κ3) is 4.37. The second-order valence-electron chi connectivity index (χ2n) is 2.80. The lowest BCUT2D eigenvalue weighted by Crippen LogP contribution is -1.96. The highest BCUT2D eigenvalue weighted by molar-refractivity contribution is 7.80. The fourth-order valence-electron chi connectivity index (χ4n) is 0.860. The van der Waals surface area contributed by atoms with Gasteiger partial charge in [-0.05, 0) is 12.1 Å². The fourth-order valence-corrected chi connectivity index (χ4v) is 1.04. The summed E-state index contributed by atoms with van der Waals surface area (Å²) in [5.74, 6) is 0.336. The molecule has 0 amide bonds. The quantitative estimate of drug-likeness (QED) is 0.595. The van der Waals surface area contributed by atoms with Crippen molar-refractivity contribution in [2.45, 2.75) is 5.03 Å². The molecule has 0 saturated heterocycles. The molecular weight excluding hydrogens is 206 g/mol. The summed E-state index contributed by atoms with van der Waals surface area (Å²) in [5, 5.41) is 0.585. The maximum absolute atomic E-state index is 5.37. The van der Waals surface area contributed by atoms with Crippen LogP contribution in [-0.4, -0.2) is 4.98 Å². The van der Waals surface area contributed by atoms with E-state index in [1.165, 1.54) is 0 Å². The maximum Gasteiger partial charge on any atom is 0.147 e. The first-order chi connectivity index (χ1) is 7.20.